The third kappa shape index (κ3) is 2.02. The Labute approximate surface area is 97.7 Å². The highest BCUT2D eigenvalue weighted by molar-refractivity contribution is 6.18. The van der Waals surface area contributed by atoms with Gasteiger partial charge in [-0.25, -0.2) is 9.69 Å². The van der Waals surface area contributed by atoms with Crippen LogP contribution < -0.4 is 0 Å². The van der Waals surface area contributed by atoms with Gasteiger partial charge in [0.15, 0.2) is 0 Å². The largest absolute Gasteiger partial charge is 0.443 e. The van der Waals surface area contributed by atoms with Crippen molar-refractivity contribution in [1.29, 1.82) is 0 Å². The molecule has 1 aliphatic heterocycles. The van der Waals surface area contributed by atoms with E-state index in [0.717, 1.165) is 4.90 Å². The fourth-order valence-electron chi connectivity index (χ4n) is 1.50. The van der Waals surface area contributed by atoms with Gasteiger partial charge in [-0.15, -0.1) is 11.6 Å². The second-order valence-electron chi connectivity index (χ2n) is 3.44. The Morgan fingerprint density at radius 2 is 2.12 bits per heavy atom. The van der Waals surface area contributed by atoms with Crippen molar-refractivity contribution in [3.63, 3.8) is 0 Å². The molecule has 0 saturated carbocycles. The highest BCUT2D eigenvalue weighted by atomic mass is 35.5. The molecule has 1 atom stereocenters. The molecule has 0 aliphatic carbocycles. The zero-order valence-electron chi connectivity index (χ0n) is 8.43. The predicted octanol–water partition coefficient (Wildman–Crippen LogP) is 1.89. The van der Waals surface area contributed by atoms with Crippen LogP contribution in [0.15, 0.2) is 30.3 Å². The highest BCUT2D eigenvalue weighted by Gasteiger charge is 2.35. The average molecular weight is 240 g/mol. The number of carbonyl (C=O) groups is 2. The zero-order valence-corrected chi connectivity index (χ0v) is 9.18. The summed E-state index contributed by atoms with van der Waals surface area (Å²) in [5.41, 5.74) is 0.467. The van der Waals surface area contributed by atoms with E-state index in [2.05, 4.69) is 0 Å². The van der Waals surface area contributed by atoms with Gasteiger partial charge in [-0.05, 0) is 12.1 Å². The van der Waals surface area contributed by atoms with Gasteiger partial charge in [-0.1, -0.05) is 18.2 Å². The quantitative estimate of drug-likeness (QED) is 0.741. The molecule has 1 saturated heterocycles. The fraction of sp³-hybridized carbons (Fsp3) is 0.273. The zero-order chi connectivity index (χ0) is 11.5. The summed E-state index contributed by atoms with van der Waals surface area (Å²) in [5.74, 6) is -0.150. The van der Waals surface area contributed by atoms with Crippen molar-refractivity contribution in [3.8, 4) is 0 Å². The molecule has 0 N–H and O–H groups in total. The Morgan fingerprint density at radius 1 is 1.44 bits per heavy atom. The predicted molar refractivity (Wildman–Crippen MR) is 58.5 cm³/mol. The van der Waals surface area contributed by atoms with E-state index in [4.69, 9.17) is 16.3 Å². The lowest BCUT2D eigenvalue weighted by Gasteiger charge is -2.10. The Kier molecular flexibility index (Phi) is 3.10. The molecule has 1 heterocycles. The molecule has 0 aromatic heterocycles. The van der Waals surface area contributed by atoms with Gasteiger partial charge in [0.2, 0.25) is 0 Å². The normalized spacial score (nSPS) is 19.7. The summed E-state index contributed by atoms with van der Waals surface area (Å²) in [7, 11) is 0. The van der Waals surface area contributed by atoms with Crippen molar-refractivity contribution < 1.29 is 14.3 Å². The standard InChI is InChI=1S/C11H10ClNO3/c12-6-9-7-13(11(15)16-9)10(14)8-4-2-1-3-5-8/h1-5,9H,6-7H2/t9-/m0/s1. The first-order valence-electron chi connectivity index (χ1n) is 4.86. The van der Waals surface area contributed by atoms with Gasteiger partial charge in [0.25, 0.3) is 5.91 Å². The van der Waals surface area contributed by atoms with Gasteiger partial charge < -0.3 is 4.74 Å². The molecule has 1 aromatic rings. The molecular weight excluding hydrogens is 230 g/mol. The number of nitrogens with zero attached hydrogens (tertiary/aromatic N) is 1. The molecule has 1 aromatic carbocycles. The smallest absolute Gasteiger partial charge is 0.417 e. The second kappa shape index (κ2) is 4.53. The van der Waals surface area contributed by atoms with Crippen LogP contribution in [0.3, 0.4) is 0 Å². The van der Waals surface area contributed by atoms with Gasteiger partial charge >= 0.3 is 6.09 Å². The molecular formula is C11H10ClNO3. The fourth-order valence-corrected chi connectivity index (χ4v) is 1.66. The topological polar surface area (TPSA) is 46.6 Å². The summed E-state index contributed by atoms with van der Waals surface area (Å²) >= 11 is 5.57. The first-order chi connectivity index (χ1) is 7.72. The van der Waals surface area contributed by atoms with Crippen molar-refractivity contribution in [3.05, 3.63) is 35.9 Å². The summed E-state index contributed by atoms with van der Waals surface area (Å²) < 4.78 is 4.90. The van der Waals surface area contributed by atoms with Crippen molar-refractivity contribution in [2.45, 2.75) is 6.10 Å². The maximum atomic E-state index is 11.9. The van der Waals surface area contributed by atoms with Gasteiger partial charge in [-0.3, -0.25) is 4.79 Å². The number of cyclic esters (lactones) is 1. The Balaban J connectivity index is 2.15. The number of hydrogen-bond donors (Lipinski definition) is 0. The van der Waals surface area contributed by atoms with E-state index in [1.54, 1.807) is 30.3 Å². The Morgan fingerprint density at radius 3 is 2.69 bits per heavy atom. The number of alkyl halides is 1. The first kappa shape index (κ1) is 11.0. The molecule has 1 fully saturated rings. The van der Waals surface area contributed by atoms with E-state index in [-0.39, 0.29) is 18.3 Å². The van der Waals surface area contributed by atoms with Crippen LogP contribution in [0.25, 0.3) is 0 Å². The molecule has 5 heteroatoms. The van der Waals surface area contributed by atoms with E-state index in [1.165, 1.54) is 0 Å². The third-order valence-corrected chi connectivity index (χ3v) is 2.66. The molecule has 0 unspecified atom stereocenters. The van der Waals surface area contributed by atoms with Crippen LogP contribution in [0.4, 0.5) is 4.79 Å². The van der Waals surface area contributed by atoms with Gasteiger partial charge in [0.1, 0.15) is 6.10 Å². The lowest BCUT2D eigenvalue weighted by molar-refractivity contribution is 0.0809. The van der Waals surface area contributed by atoms with Gasteiger partial charge in [0, 0.05) is 5.56 Å². The highest BCUT2D eigenvalue weighted by Crippen LogP contribution is 2.15. The van der Waals surface area contributed by atoms with E-state index < -0.39 is 12.2 Å². The van der Waals surface area contributed by atoms with Crippen LogP contribution in [0.5, 0.6) is 0 Å². The van der Waals surface area contributed by atoms with Crippen molar-refractivity contribution >= 4 is 23.6 Å². The average Bonchev–Trinajstić information content (AvgIpc) is 2.71. The van der Waals surface area contributed by atoms with Crippen LogP contribution in [-0.2, 0) is 4.74 Å². The molecule has 0 spiro atoms. The number of carbonyl (C=O) groups excluding carboxylic acids is 2. The SMILES string of the molecule is O=C1O[C@@H](CCl)CN1C(=O)c1ccccc1. The van der Waals surface area contributed by atoms with Gasteiger partial charge in [-0.2, -0.15) is 0 Å². The summed E-state index contributed by atoms with van der Waals surface area (Å²) in [6.45, 7) is 0.218. The van der Waals surface area contributed by atoms with Crippen LogP contribution in [0, 0.1) is 0 Å². The van der Waals surface area contributed by atoms with E-state index in [9.17, 15) is 9.59 Å². The summed E-state index contributed by atoms with van der Waals surface area (Å²) in [6.07, 6.45) is -1.03. The maximum Gasteiger partial charge on any atom is 0.417 e. The number of rotatable bonds is 2. The monoisotopic (exact) mass is 239 g/mol. The van der Waals surface area contributed by atoms with Crippen LogP contribution >= 0.6 is 11.6 Å². The van der Waals surface area contributed by atoms with Crippen LogP contribution in [0.2, 0.25) is 0 Å². The maximum absolute atomic E-state index is 11.9. The van der Waals surface area contributed by atoms with Crippen molar-refractivity contribution in [1.82, 2.24) is 4.90 Å². The molecule has 4 nitrogen and oxygen atoms in total. The number of imide groups is 1. The Bertz CT molecular complexity index is 407. The first-order valence-corrected chi connectivity index (χ1v) is 5.39. The van der Waals surface area contributed by atoms with E-state index in [1.807, 2.05) is 0 Å². The summed E-state index contributed by atoms with van der Waals surface area (Å²) in [4.78, 5) is 24.4. The third-order valence-electron chi connectivity index (χ3n) is 2.31. The lowest BCUT2D eigenvalue weighted by Crippen LogP contribution is -2.32. The summed E-state index contributed by atoms with van der Waals surface area (Å²) in [6, 6.07) is 8.61. The number of benzene rings is 1. The minimum atomic E-state index is -0.625. The molecule has 16 heavy (non-hydrogen) atoms. The Hall–Kier alpha value is -1.55. The number of halogens is 1. The number of amides is 2. The molecule has 2 rings (SSSR count). The molecule has 2 amide bonds. The molecule has 84 valence electrons. The minimum absolute atomic E-state index is 0.199. The molecule has 1 aliphatic rings. The van der Waals surface area contributed by atoms with E-state index in [0.29, 0.717) is 5.56 Å². The lowest BCUT2D eigenvalue weighted by atomic mass is 10.2. The van der Waals surface area contributed by atoms with Crippen molar-refractivity contribution in [2.24, 2.45) is 0 Å². The van der Waals surface area contributed by atoms with E-state index >= 15 is 0 Å². The number of ether oxygens (including phenoxy) is 1. The number of hydrogen-bond acceptors (Lipinski definition) is 3. The van der Waals surface area contributed by atoms with Crippen LogP contribution in [-0.4, -0.2) is 35.4 Å². The van der Waals surface area contributed by atoms with Crippen LogP contribution in [0.1, 0.15) is 10.4 Å². The summed E-state index contributed by atoms with van der Waals surface area (Å²) in [5, 5.41) is 0. The van der Waals surface area contributed by atoms with Crippen molar-refractivity contribution in [2.75, 3.05) is 12.4 Å². The minimum Gasteiger partial charge on any atom is -0.443 e. The molecule has 0 bridgehead atoms. The molecule has 0 radical (unpaired) electrons. The second-order valence-corrected chi connectivity index (χ2v) is 3.75. The van der Waals surface area contributed by atoms with Gasteiger partial charge in [0.05, 0.1) is 12.4 Å².